The highest BCUT2D eigenvalue weighted by molar-refractivity contribution is 6.15. The molecule has 3 aliphatic heterocycles. The first kappa shape index (κ1) is 22.1. The molecule has 0 unspecified atom stereocenters. The topological polar surface area (TPSA) is 131 Å². The number of rotatable bonds is 6. The molecule has 9 heteroatoms. The molecule has 0 saturated carbocycles. The lowest BCUT2D eigenvalue weighted by Crippen LogP contribution is -2.53. The first-order chi connectivity index (χ1) is 16.3. The Bertz CT molecular complexity index is 1210. The van der Waals surface area contributed by atoms with Crippen LogP contribution in [0.25, 0.3) is 0 Å². The fourth-order valence-corrected chi connectivity index (χ4v) is 5.65. The van der Waals surface area contributed by atoms with E-state index in [1.165, 1.54) is 4.90 Å². The number of carbonyl (C=O) groups is 4. The van der Waals surface area contributed by atoms with Gasteiger partial charge >= 0.3 is 0 Å². The predicted molar refractivity (Wildman–Crippen MR) is 122 cm³/mol. The summed E-state index contributed by atoms with van der Waals surface area (Å²) in [4.78, 5) is 53.6. The molecule has 0 aromatic heterocycles. The number of fused-ring (bicyclic) bond motifs is 4. The summed E-state index contributed by atoms with van der Waals surface area (Å²) in [5.74, 6) is -2.63. The molecule has 5 rings (SSSR count). The van der Waals surface area contributed by atoms with Crippen LogP contribution in [-0.2, 0) is 31.3 Å². The number of carbonyl (C=O) groups excluding carboxylic acids is 4. The van der Waals surface area contributed by atoms with Crippen molar-refractivity contribution in [2.45, 2.75) is 37.9 Å². The molecule has 9 nitrogen and oxygen atoms in total. The Morgan fingerprint density at radius 3 is 2.53 bits per heavy atom. The Morgan fingerprint density at radius 2 is 1.85 bits per heavy atom. The molecule has 34 heavy (non-hydrogen) atoms. The van der Waals surface area contributed by atoms with Gasteiger partial charge in [0.1, 0.15) is 11.3 Å². The van der Waals surface area contributed by atoms with Crippen molar-refractivity contribution >= 4 is 29.3 Å². The summed E-state index contributed by atoms with van der Waals surface area (Å²) < 4.78 is 5.18. The summed E-state index contributed by atoms with van der Waals surface area (Å²) in [6.07, 6.45) is 0.293. The quantitative estimate of drug-likeness (QED) is 0.553. The van der Waals surface area contributed by atoms with Crippen molar-refractivity contribution in [1.82, 2.24) is 10.2 Å². The molecule has 176 valence electrons. The number of hydrogen-bond acceptors (Lipinski definition) is 6. The Balaban J connectivity index is 1.56. The summed E-state index contributed by atoms with van der Waals surface area (Å²) in [6, 6.07) is 12.1. The normalized spacial score (nSPS) is 27.2. The van der Waals surface area contributed by atoms with Crippen LogP contribution in [0.4, 0.5) is 5.69 Å². The second kappa shape index (κ2) is 7.95. The molecule has 2 aromatic carbocycles. The fraction of sp³-hybridized carbons (Fsp3) is 0.360. The molecular weight excluding hydrogens is 436 g/mol. The standard InChI is InChI=1S/C25H26N4O5/c1-13-4-3-5-16-21(13)27-24(33)25(16)20-19(17(28-25)10-11-18(26)30)22(31)29(23(20)32)12-14-6-8-15(34-2)9-7-14/h3-9,17,19-20,28H,10-12H2,1-2H3,(H2,26,30)(H,27,33)/t17-,19-,20+,25-/m1/s1. The van der Waals surface area contributed by atoms with E-state index in [1.807, 2.05) is 25.1 Å². The number of likely N-dealkylation sites (tertiary alicyclic amines) is 1. The highest BCUT2D eigenvalue weighted by atomic mass is 16.5. The Labute approximate surface area is 196 Å². The first-order valence-corrected chi connectivity index (χ1v) is 11.2. The van der Waals surface area contributed by atoms with Crippen LogP contribution in [0.2, 0.25) is 0 Å². The van der Waals surface area contributed by atoms with E-state index in [2.05, 4.69) is 10.6 Å². The molecule has 2 aromatic rings. The molecule has 2 fully saturated rings. The van der Waals surface area contributed by atoms with Crippen LogP contribution in [0, 0.1) is 18.8 Å². The van der Waals surface area contributed by atoms with Crippen molar-refractivity contribution in [2.75, 3.05) is 12.4 Å². The lowest BCUT2D eigenvalue weighted by atomic mass is 9.76. The maximum Gasteiger partial charge on any atom is 0.250 e. The van der Waals surface area contributed by atoms with Gasteiger partial charge in [-0.3, -0.25) is 29.4 Å². The number of ether oxygens (including phenoxy) is 1. The molecule has 0 radical (unpaired) electrons. The molecule has 4 atom stereocenters. The number of hydrogen-bond donors (Lipinski definition) is 3. The van der Waals surface area contributed by atoms with E-state index in [4.69, 9.17) is 10.5 Å². The van der Waals surface area contributed by atoms with Crippen LogP contribution in [0.15, 0.2) is 42.5 Å². The largest absolute Gasteiger partial charge is 0.497 e. The van der Waals surface area contributed by atoms with Crippen LogP contribution < -0.4 is 21.1 Å². The zero-order chi connectivity index (χ0) is 24.2. The van der Waals surface area contributed by atoms with E-state index in [1.54, 1.807) is 31.4 Å². The number of imide groups is 1. The number of nitrogens with two attached hydrogens (primary N) is 1. The minimum Gasteiger partial charge on any atom is -0.497 e. The van der Waals surface area contributed by atoms with Crippen LogP contribution in [0.5, 0.6) is 5.75 Å². The fourth-order valence-electron chi connectivity index (χ4n) is 5.65. The average molecular weight is 463 g/mol. The third-order valence-corrected chi connectivity index (χ3v) is 7.25. The van der Waals surface area contributed by atoms with E-state index in [0.717, 1.165) is 11.1 Å². The third-order valence-electron chi connectivity index (χ3n) is 7.25. The zero-order valence-electron chi connectivity index (χ0n) is 19.0. The van der Waals surface area contributed by atoms with Gasteiger partial charge in [-0.15, -0.1) is 0 Å². The highest BCUT2D eigenvalue weighted by Crippen LogP contribution is 2.54. The van der Waals surface area contributed by atoms with Crippen molar-refractivity contribution in [1.29, 1.82) is 0 Å². The second-order valence-electron chi connectivity index (χ2n) is 9.13. The number of benzene rings is 2. The SMILES string of the molecule is COc1ccc(CN2C(=O)[C@H]3[C@@H](C2=O)[C@@]2(N[C@@H]3CCC(N)=O)C(=O)Nc3c(C)cccc32)cc1. The van der Waals surface area contributed by atoms with E-state index in [0.29, 0.717) is 17.0 Å². The van der Waals surface area contributed by atoms with Gasteiger partial charge < -0.3 is 15.8 Å². The number of nitrogens with one attached hydrogen (secondary N) is 2. The lowest BCUT2D eigenvalue weighted by molar-refractivity contribution is -0.143. The number of aryl methyl sites for hydroxylation is 1. The van der Waals surface area contributed by atoms with Crippen molar-refractivity contribution in [3.63, 3.8) is 0 Å². The molecule has 4 N–H and O–H groups in total. The minimum atomic E-state index is -1.38. The second-order valence-corrected chi connectivity index (χ2v) is 9.13. The Kier molecular flexibility index (Phi) is 5.16. The van der Waals surface area contributed by atoms with Crippen LogP contribution >= 0.6 is 0 Å². The lowest BCUT2D eigenvalue weighted by Gasteiger charge is -2.29. The smallest absolute Gasteiger partial charge is 0.250 e. The van der Waals surface area contributed by atoms with Crippen molar-refractivity contribution < 1.29 is 23.9 Å². The van der Waals surface area contributed by atoms with Crippen molar-refractivity contribution in [2.24, 2.45) is 17.6 Å². The molecule has 3 heterocycles. The van der Waals surface area contributed by atoms with Gasteiger partial charge in [0.15, 0.2) is 0 Å². The molecular formula is C25H26N4O5. The van der Waals surface area contributed by atoms with Gasteiger partial charge in [-0.2, -0.15) is 0 Å². The number of anilines is 1. The van der Waals surface area contributed by atoms with Gasteiger partial charge in [0, 0.05) is 23.7 Å². The molecule has 3 aliphatic rings. The molecule has 4 amide bonds. The Hall–Kier alpha value is -3.72. The monoisotopic (exact) mass is 462 g/mol. The van der Waals surface area contributed by atoms with Crippen LogP contribution in [-0.4, -0.2) is 41.7 Å². The molecule has 2 saturated heterocycles. The van der Waals surface area contributed by atoms with Crippen molar-refractivity contribution in [3.05, 3.63) is 59.2 Å². The van der Waals surface area contributed by atoms with E-state index >= 15 is 0 Å². The van der Waals surface area contributed by atoms with Gasteiger partial charge in [-0.25, -0.2) is 0 Å². The van der Waals surface area contributed by atoms with E-state index in [-0.39, 0.29) is 31.2 Å². The van der Waals surface area contributed by atoms with Gasteiger partial charge in [0.2, 0.25) is 23.6 Å². The first-order valence-electron chi connectivity index (χ1n) is 11.2. The van der Waals surface area contributed by atoms with Gasteiger partial charge in [0.05, 0.1) is 25.5 Å². The summed E-state index contributed by atoms with van der Waals surface area (Å²) in [5, 5.41) is 6.23. The zero-order valence-corrected chi connectivity index (χ0v) is 19.0. The minimum absolute atomic E-state index is 0.0409. The summed E-state index contributed by atoms with van der Waals surface area (Å²) in [6.45, 7) is 1.97. The van der Waals surface area contributed by atoms with Gasteiger partial charge in [0.25, 0.3) is 0 Å². The third kappa shape index (κ3) is 3.11. The van der Waals surface area contributed by atoms with Gasteiger partial charge in [-0.05, 0) is 36.6 Å². The number of nitrogens with zero attached hydrogens (tertiary/aromatic N) is 1. The predicted octanol–water partition coefficient (Wildman–Crippen LogP) is 1.19. The maximum atomic E-state index is 13.8. The number of amides is 4. The summed E-state index contributed by atoms with van der Waals surface area (Å²) in [7, 11) is 1.56. The molecule has 0 bridgehead atoms. The average Bonchev–Trinajstić information content (AvgIpc) is 3.40. The Morgan fingerprint density at radius 1 is 1.12 bits per heavy atom. The molecule has 0 aliphatic carbocycles. The summed E-state index contributed by atoms with van der Waals surface area (Å²) >= 11 is 0. The number of para-hydroxylation sites is 1. The van der Waals surface area contributed by atoms with Gasteiger partial charge in [-0.1, -0.05) is 30.3 Å². The number of primary amides is 1. The van der Waals surface area contributed by atoms with Crippen LogP contribution in [0.3, 0.4) is 0 Å². The summed E-state index contributed by atoms with van der Waals surface area (Å²) in [5.41, 5.74) is 6.94. The molecule has 1 spiro atoms. The van der Waals surface area contributed by atoms with Crippen LogP contribution in [0.1, 0.15) is 29.5 Å². The highest BCUT2D eigenvalue weighted by Gasteiger charge is 2.70. The number of methoxy groups -OCH3 is 1. The van der Waals surface area contributed by atoms with Crippen molar-refractivity contribution in [3.8, 4) is 5.75 Å². The maximum absolute atomic E-state index is 13.8. The van der Waals surface area contributed by atoms with E-state index in [9.17, 15) is 19.2 Å². The van der Waals surface area contributed by atoms with E-state index < -0.39 is 35.2 Å².